The van der Waals surface area contributed by atoms with Gasteiger partial charge >= 0.3 is 0 Å². The second-order valence-corrected chi connectivity index (χ2v) is 9.10. The summed E-state index contributed by atoms with van der Waals surface area (Å²) in [6.07, 6.45) is 1.55. The molecule has 1 aliphatic heterocycles. The average Bonchev–Trinajstić information content (AvgIpc) is 2.96. The van der Waals surface area contributed by atoms with E-state index in [1.807, 2.05) is 42.5 Å². The number of fused-ring (bicyclic) bond motifs is 1. The molecule has 1 amide bonds. The van der Waals surface area contributed by atoms with Crippen molar-refractivity contribution in [1.82, 2.24) is 5.01 Å². The summed E-state index contributed by atoms with van der Waals surface area (Å²) in [4.78, 5) is 24.6. The van der Waals surface area contributed by atoms with Gasteiger partial charge in [0, 0.05) is 23.4 Å². The Labute approximate surface area is 225 Å². The maximum absolute atomic E-state index is 13.6. The quantitative estimate of drug-likeness (QED) is 0.174. The Morgan fingerprint density at radius 1 is 0.974 bits per heavy atom. The van der Waals surface area contributed by atoms with Gasteiger partial charge in [-0.2, -0.15) is 10.1 Å². The van der Waals surface area contributed by atoms with Gasteiger partial charge in [0.2, 0.25) is 0 Å². The van der Waals surface area contributed by atoms with Crippen molar-refractivity contribution >= 4 is 23.5 Å². The van der Waals surface area contributed by atoms with Crippen LogP contribution in [0.25, 0.3) is 0 Å². The van der Waals surface area contributed by atoms with Crippen LogP contribution in [0.1, 0.15) is 34.0 Å². The molecule has 0 saturated heterocycles. The lowest BCUT2D eigenvalue weighted by atomic mass is 9.95. The third-order valence-corrected chi connectivity index (χ3v) is 6.52. The van der Waals surface area contributed by atoms with Crippen LogP contribution < -0.4 is 14.8 Å². The third kappa shape index (κ3) is 5.15. The highest BCUT2D eigenvalue weighted by atomic mass is 16.6. The van der Waals surface area contributed by atoms with Crippen LogP contribution in [0, 0.1) is 10.1 Å². The highest BCUT2D eigenvalue weighted by Crippen LogP contribution is 2.39. The first-order chi connectivity index (χ1) is 18.9. The molecule has 0 aliphatic carbocycles. The maximum atomic E-state index is 13.6. The molecule has 0 fully saturated rings. The fraction of sp³-hybridized carbons (Fsp3) is 0.133. The van der Waals surface area contributed by atoms with Crippen molar-refractivity contribution in [1.29, 1.82) is 0 Å². The van der Waals surface area contributed by atoms with Crippen LogP contribution in [0.4, 0.5) is 11.4 Å². The van der Waals surface area contributed by atoms with Crippen LogP contribution >= 0.6 is 0 Å². The SMILES string of the molecule is COc1cc(C=NN2C(=O)c3ccccc3NC2(C)c2cccc([N+](=O)[O-])c2)ccc1OCc1ccccc1. The minimum Gasteiger partial charge on any atom is -0.493 e. The minimum atomic E-state index is -1.20. The molecular formula is C30H26N4O5. The molecule has 9 nitrogen and oxygen atoms in total. The summed E-state index contributed by atoms with van der Waals surface area (Å²) in [6.45, 7) is 2.15. The van der Waals surface area contributed by atoms with Crippen LogP contribution in [0.15, 0.2) is 102 Å². The van der Waals surface area contributed by atoms with Crippen molar-refractivity contribution in [2.24, 2.45) is 5.10 Å². The number of nitro benzene ring substituents is 1. The molecule has 1 atom stereocenters. The summed E-state index contributed by atoms with van der Waals surface area (Å²) in [5, 5.41) is 20.7. The first kappa shape index (κ1) is 25.5. The Morgan fingerprint density at radius 2 is 1.74 bits per heavy atom. The largest absolute Gasteiger partial charge is 0.493 e. The zero-order chi connectivity index (χ0) is 27.4. The van der Waals surface area contributed by atoms with Crippen LogP contribution in [0.5, 0.6) is 11.5 Å². The van der Waals surface area contributed by atoms with Gasteiger partial charge in [-0.1, -0.05) is 54.6 Å². The number of nitrogens with one attached hydrogen (secondary N) is 1. The number of hydrogen-bond acceptors (Lipinski definition) is 7. The van der Waals surface area contributed by atoms with Crippen molar-refractivity contribution < 1.29 is 19.2 Å². The lowest BCUT2D eigenvalue weighted by Crippen LogP contribution is -2.53. The molecule has 1 heterocycles. The molecule has 1 unspecified atom stereocenters. The summed E-state index contributed by atoms with van der Waals surface area (Å²) < 4.78 is 11.5. The summed E-state index contributed by atoms with van der Waals surface area (Å²) in [5.74, 6) is 0.749. The average molecular weight is 523 g/mol. The van der Waals surface area contributed by atoms with Gasteiger partial charge in [-0.25, -0.2) is 0 Å². The van der Waals surface area contributed by atoms with Crippen molar-refractivity contribution in [3.63, 3.8) is 0 Å². The minimum absolute atomic E-state index is 0.0819. The maximum Gasteiger partial charge on any atom is 0.278 e. The molecule has 0 bridgehead atoms. The number of carbonyl (C=O) groups is 1. The number of methoxy groups -OCH3 is 1. The summed E-state index contributed by atoms with van der Waals surface area (Å²) >= 11 is 0. The summed E-state index contributed by atoms with van der Waals surface area (Å²) in [5.41, 5.74) is 2.00. The molecule has 5 rings (SSSR count). The number of nitrogens with zero attached hydrogens (tertiary/aromatic N) is 3. The van der Waals surface area contributed by atoms with E-state index in [9.17, 15) is 14.9 Å². The van der Waals surface area contributed by atoms with E-state index in [2.05, 4.69) is 10.4 Å². The number of benzene rings is 4. The van der Waals surface area contributed by atoms with Gasteiger partial charge in [0.1, 0.15) is 6.61 Å². The molecular weight excluding hydrogens is 496 g/mol. The first-order valence-corrected chi connectivity index (χ1v) is 12.2. The Balaban J connectivity index is 1.47. The zero-order valence-corrected chi connectivity index (χ0v) is 21.4. The van der Waals surface area contributed by atoms with Gasteiger partial charge in [0.25, 0.3) is 11.6 Å². The molecule has 0 spiro atoms. The van der Waals surface area contributed by atoms with E-state index < -0.39 is 10.6 Å². The van der Waals surface area contributed by atoms with E-state index in [4.69, 9.17) is 9.47 Å². The van der Waals surface area contributed by atoms with Gasteiger partial charge in [0.15, 0.2) is 17.2 Å². The van der Waals surface area contributed by atoms with Gasteiger partial charge in [-0.3, -0.25) is 14.9 Å². The number of anilines is 1. The Hall–Kier alpha value is -5.18. The predicted molar refractivity (Wildman–Crippen MR) is 148 cm³/mol. The molecule has 1 aliphatic rings. The predicted octanol–water partition coefficient (Wildman–Crippen LogP) is 5.96. The van der Waals surface area contributed by atoms with Crippen LogP contribution in [-0.2, 0) is 12.3 Å². The van der Waals surface area contributed by atoms with Crippen molar-refractivity contribution in [3.8, 4) is 11.5 Å². The van der Waals surface area contributed by atoms with E-state index in [0.717, 1.165) is 5.56 Å². The molecule has 0 aromatic heterocycles. The number of para-hydroxylation sites is 1. The summed E-state index contributed by atoms with van der Waals surface area (Å²) in [6, 6.07) is 28.4. The second kappa shape index (κ2) is 10.7. The third-order valence-electron chi connectivity index (χ3n) is 6.52. The van der Waals surface area contributed by atoms with Crippen molar-refractivity contribution in [2.75, 3.05) is 12.4 Å². The van der Waals surface area contributed by atoms with E-state index in [-0.39, 0.29) is 11.6 Å². The number of non-ortho nitro benzene ring substituents is 1. The fourth-order valence-corrected chi connectivity index (χ4v) is 4.44. The van der Waals surface area contributed by atoms with Crippen LogP contribution in [0.2, 0.25) is 0 Å². The van der Waals surface area contributed by atoms with Crippen LogP contribution in [-0.4, -0.2) is 29.2 Å². The monoisotopic (exact) mass is 522 g/mol. The normalized spacial score (nSPS) is 16.5. The van der Waals surface area contributed by atoms with Gasteiger partial charge in [-0.15, -0.1) is 0 Å². The van der Waals surface area contributed by atoms with E-state index >= 15 is 0 Å². The second-order valence-electron chi connectivity index (χ2n) is 9.10. The lowest BCUT2D eigenvalue weighted by molar-refractivity contribution is -0.385. The Kier molecular flexibility index (Phi) is 6.96. The Bertz CT molecular complexity index is 1560. The summed E-state index contributed by atoms with van der Waals surface area (Å²) in [7, 11) is 1.56. The number of nitro groups is 1. The van der Waals surface area contributed by atoms with Gasteiger partial charge in [0.05, 0.1) is 23.8 Å². The molecule has 1 N–H and O–H groups in total. The topological polar surface area (TPSA) is 106 Å². The van der Waals surface area contributed by atoms with Crippen LogP contribution in [0.3, 0.4) is 0 Å². The number of amides is 1. The highest BCUT2D eigenvalue weighted by Gasteiger charge is 2.43. The van der Waals surface area contributed by atoms with Gasteiger partial charge in [-0.05, 0) is 48.4 Å². The molecule has 39 heavy (non-hydrogen) atoms. The fourth-order valence-electron chi connectivity index (χ4n) is 4.44. The molecule has 196 valence electrons. The van der Waals surface area contributed by atoms with Crippen molar-refractivity contribution in [2.45, 2.75) is 19.2 Å². The zero-order valence-electron chi connectivity index (χ0n) is 21.4. The number of hydrogen-bond donors (Lipinski definition) is 1. The smallest absolute Gasteiger partial charge is 0.278 e. The highest BCUT2D eigenvalue weighted by molar-refractivity contribution is 6.02. The van der Waals surface area contributed by atoms with E-state index in [1.54, 1.807) is 62.7 Å². The molecule has 0 radical (unpaired) electrons. The number of carbonyl (C=O) groups excluding carboxylic acids is 1. The lowest BCUT2D eigenvalue weighted by Gasteiger charge is -2.43. The first-order valence-electron chi connectivity index (χ1n) is 12.2. The molecule has 4 aromatic carbocycles. The number of ether oxygens (including phenoxy) is 2. The molecule has 4 aromatic rings. The molecule has 9 heteroatoms. The number of rotatable bonds is 8. The van der Waals surface area contributed by atoms with E-state index in [1.165, 1.54) is 17.1 Å². The van der Waals surface area contributed by atoms with Gasteiger partial charge < -0.3 is 14.8 Å². The van der Waals surface area contributed by atoms with Crippen molar-refractivity contribution in [3.05, 3.63) is 129 Å². The Morgan fingerprint density at radius 3 is 2.51 bits per heavy atom. The molecule has 0 saturated carbocycles. The standard InChI is InChI=1S/C30H26N4O5/c1-30(23-11-8-12-24(18-23)34(36)37)32-26-14-7-6-13-25(26)29(35)33(30)31-19-22-15-16-27(28(17-22)38-2)39-20-21-9-4-3-5-10-21/h3-19,32H,20H2,1-2H3. The number of hydrazone groups is 1. The van der Waals surface area contributed by atoms with E-state index in [0.29, 0.717) is 40.5 Å².